The van der Waals surface area contributed by atoms with Gasteiger partial charge in [0, 0.05) is 7.05 Å². The molecule has 0 aliphatic heterocycles. The van der Waals surface area contributed by atoms with Gasteiger partial charge in [0.2, 0.25) is 0 Å². The van der Waals surface area contributed by atoms with Crippen molar-refractivity contribution in [3.05, 3.63) is 18.2 Å². The van der Waals surface area contributed by atoms with Crippen molar-refractivity contribution in [1.29, 1.82) is 0 Å². The number of benzene rings is 1. The van der Waals surface area contributed by atoms with E-state index in [1.165, 1.54) is 0 Å². The summed E-state index contributed by atoms with van der Waals surface area (Å²) in [5.41, 5.74) is 0.877. The number of ether oxygens (including phenoxy) is 2. The molecule has 0 heterocycles. The molecule has 0 aromatic heterocycles. The molecule has 1 N–H and O–H groups in total. The SMILES string of the molecule is CNc1c(OC)cccc1OC. The number of anilines is 1. The fourth-order valence-corrected chi connectivity index (χ4v) is 1.10. The Labute approximate surface area is 72.3 Å². The zero-order valence-corrected chi connectivity index (χ0v) is 7.55. The molecule has 0 fully saturated rings. The Balaban J connectivity index is 3.13. The minimum atomic E-state index is 0.789. The third-order valence-electron chi connectivity index (χ3n) is 1.68. The molecule has 1 rings (SSSR count). The molecule has 0 radical (unpaired) electrons. The Hall–Kier alpha value is -1.38. The molecule has 0 amide bonds. The fourth-order valence-electron chi connectivity index (χ4n) is 1.10. The average Bonchev–Trinajstić information content (AvgIpc) is 2.16. The zero-order chi connectivity index (χ0) is 8.97. The summed E-state index contributed by atoms with van der Waals surface area (Å²) in [5, 5.41) is 3.02. The fraction of sp³-hybridized carbons (Fsp3) is 0.333. The summed E-state index contributed by atoms with van der Waals surface area (Å²) in [6, 6.07) is 5.65. The molecule has 0 unspecified atom stereocenters. The highest BCUT2D eigenvalue weighted by molar-refractivity contribution is 5.65. The van der Waals surface area contributed by atoms with E-state index in [0.717, 1.165) is 17.2 Å². The normalized spacial score (nSPS) is 9.25. The quantitative estimate of drug-likeness (QED) is 0.743. The van der Waals surface area contributed by atoms with Crippen molar-refractivity contribution >= 4 is 5.69 Å². The molecule has 12 heavy (non-hydrogen) atoms. The molecular weight excluding hydrogens is 154 g/mol. The van der Waals surface area contributed by atoms with Crippen LogP contribution in [-0.2, 0) is 0 Å². The van der Waals surface area contributed by atoms with Crippen LogP contribution in [0.15, 0.2) is 18.2 Å². The topological polar surface area (TPSA) is 30.5 Å². The Morgan fingerprint density at radius 1 is 1.08 bits per heavy atom. The molecular formula is C9H13NO2. The number of methoxy groups -OCH3 is 2. The number of para-hydroxylation sites is 1. The molecule has 0 spiro atoms. The summed E-state index contributed by atoms with van der Waals surface area (Å²) in [7, 11) is 5.10. The van der Waals surface area contributed by atoms with Crippen molar-refractivity contribution < 1.29 is 9.47 Å². The molecule has 3 heteroatoms. The van der Waals surface area contributed by atoms with Crippen molar-refractivity contribution in [2.24, 2.45) is 0 Å². The predicted octanol–water partition coefficient (Wildman–Crippen LogP) is 1.75. The van der Waals surface area contributed by atoms with Gasteiger partial charge in [-0.1, -0.05) is 6.07 Å². The number of nitrogens with one attached hydrogen (secondary N) is 1. The molecule has 0 saturated heterocycles. The summed E-state index contributed by atoms with van der Waals surface area (Å²) in [5.74, 6) is 1.58. The average molecular weight is 167 g/mol. The summed E-state index contributed by atoms with van der Waals surface area (Å²) >= 11 is 0. The minimum Gasteiger partial charge on any atom is -0.494 e. The van der Waals surface area contributed by atoms with E-state index in [2.05, 4.69) is 5.32 Å². The van der Waals surface area contributed by atoms with Crippen molar-refractivity contribution in [2.45, 2.75) is 0 Å². The van der Waals surface area contributed by atoms with E-state index in [1.54, 1.807) is 14.2 Å². The third-order valence-corrected chi connectivity index (χ3v) is 1.68. The van der Waals surface area contributed by atoms with Crippen molar-refractivity contribution in [1.82, 2.24) is 0 Å². The van der Waals surface area contributed by atoms with Crippen molar-refractivity contribution in [3.63, 3.8) is 0 Å². The van der Waals surface area contributed by atoms with Gasteiger partial charge in [-0.2, -0.15) is 0 Å². The first-order valence-electron chi connectivity index (χ1n) is 3.72. The molecule has 0 atom stereocenters. The van der Waals surface area contributed by atoms with Gasteiger partial charge in [0.1, 0.15) is 17.2 Å². The standard InChI is InChI=1S/C9H13NO2/c1-10-9-7(11-2)5-4-6-8(9)12-3/h4-6,10H,1-3H3. The number of hydrogen-bond acceptors (Lipinski definition) is 3. The summed E-state index contributed by atoms with van der Waals surface area (Å²) in [4.78, 5) is 0. The second kappa shape index (κ2) is 3.85. The van der Waals surface area contributed by atoms with Crippen LogP contribution >= 0.6 is 0 Å². The Kier molecular flexibility index (Phi) is 2.80. The van der Waals surface area contributed by atoms with E-state index in [9.17, 15) is 0 Å². The first kappa shape index (κ1) is 8.71. The lowest BCUT2D eigenvalue weighted by Crippen LogP contribution is -1.96. The second-order valence-electron chi connectivity index (χ2n) is 2.29. The van der Waals surface area contributed by atoms with Gasteiger partial charge in [-0.25, -0.2) is 0 Å². The lowest BCUT2D eigenvalue weighted by molar-refractivity contribution is 0.398. The van der Waals surface area contributed by atoms with Gasteiger partial charge in [-0.15, -0.1) is 0 Å². The lowest BCUT2D eigenvalue weighted by Gasteiger charge is -2.11. The highest BCUT2D eigenvalue weighted by atomic mass is 16.5. The molecule has 1 aromatic carbocycles. The van der Waals surface area contributed by atoms with Gasteiger partial charge in [0.25, 0.3) is 0 Å². The Bertz CT molecular complexity index is 238. The summed E-state index contributed by atoms with van der Waals surface area (Å²) in [6.45, 7) is 0. The van der Waals surface area contributed by atoms with Gasteiger partial charge >= 0.3 is 0 Å². The van der Waals surface area contributed by atoms with Gasteiger partial charge in [-0.3, -0.25) is 0 Å². The Morgan fingerprint density at radius 2 is 1.58 bits per heavy atom. The van der Waals surface area contributed by atoms with Crippen LogP contribution in [-0.4, -0.2) is 21.3 Å². The third kappa shape index (κ3) is 1.44. The van der Waals surface area contributed by atoms with E-state index < -0.39 is 0 Å². The van der Waals surface area contributed by atoms with Crippen molar-refractivity contribution in [3.8, 4) is 11.5 Å². The predicted molar refractivity (Wildman–Crippen MR) is 49.1 cm³/mol. The molecule has 3 nitrogen and oxygen atoms in total. The van der Waals surface area contributed by atoms with Crippen LogP contribution < -0.4 is 14.8 Å². The number of hydrogen-bond donors (Lipinski definition) is 1. The first-order chi connectivity index (χ1) is 5.83. The van der Waals surface area contributed by atoms with Crippen molar-refractivity contribution in [2.75, 3.05) is 26.6 Å². The monoisotopic (exact) mass is 167 g/mol. The Morgan fingerprint density at radius 3 is 1.92 bits per heavy atom. The molecule has 0 aliphatic carbocycles. The lowest BCUT2D eigenvalue weighted by atomic mass is 10.2. The van der Waals surface area contributed by atoms with Gasteiger partial charge < -0.3 is 14.8 Å². The first-order valence-corrected chi connectivity index (χ1v) is 3.72. The largest absolute Gasteiger partial charge is 0.494 e. The zero-order valence-electron chi connectivity index (χ0n) is 7.55. The highest BCUT2D eigenvalue weighted by Gasteiger charge is 2.05. The van der Waals surface area contributed by atoms with Gasteiger partial charge in [-0.05, 0) is 12.1 Å². The molecule has 66 valence electrons. The maximum atomic E-state index is 5.14. The minimum absolute atomic E-state index is 0.789. The summed E-state index contributed by atoms with van der Waals surface area (Å²) < 4.78 is 10.3. The van der Waals surface area contributed by atoms with E-state index in [1.807, 2.05) is 25.2 Å². The number of rotatable bonds is 3. The molecule has 0 aliphatic rings. The van der Waals surface area contributed by atoms with Gasteiger partial charge in [0.15, 0.2) is 0 Å². The molecule has 0 bridgehead atoms. The van der Waals surface area contributed by atoms with Crippen LogP contribution in [0.3, 0.4) is 0 Å². The van der Waals surface area contributed by atoms with Gasteiger partial charge in [0.05, 0.1) is 14.2 Å². The summed E-state index contributed by atoms with van der Waals surface area (Å²) in [6.07, 6.45) is 0. The maximum Gasteiger partial charge on any atom is 0.145 e. The maximum absolute atomic E-state index is 5.14. The van der Waals surface area contributed by atoms with E-state index in [4.69, 9.17) is 9.47 Å². The highest BCUT2D eigenvalue weighted by Crippen LogP contribution is 2.33. The van der Waals surface area contributed by atoms with E-state index >= 15 is 0 Å². The van der Waals surface area contributed by atoms with Crippen LogP contribution in [0.4, 0.5) is 5.69 Å². The van der Waals surface area contributed by atoms with Crippen LogP contribution in [0.2, 0.25) is 0 Å². The van der Waals surface area contributed by atoms with E-state index in [0.29, 0.717) is 0 Å². The molecule has 1 aromatic rings. The van der Waals surface area contributed by atoms with Crippen LogP contribution in [0, 0.1) is 0 Å². The second-order valence-corrected chi connectivity index (χ2v) is 2.29. The smallest absolute Gasteiger partial charge is 0.145 e. The van der Waals surface area contributed by atoms with Crippen LogP contribution in [0.25, 0.3) is 0 Å². The van der Waals surface area contributed by atoms with E-state index in [-0.39, 0.29) is 0 Å². The van der Waals surface area contributed by atoms with Crippen LogP contribution in [0.5, 0.6) is 11.5 Å². The van der Waals surface area contributed by atoms with Crippen LogP contribution in [0.1, 0.15) is 0 Å². The molecule has 0 saturated carbocycles.